The maximum absolute atomic E-state index is 6.60. The number of imidazole rings is 1. The van der Waals surface area contributed by atoms with Crippen molar-refractivity contribution in [2.45, 2.75) is 84.2 Å². The third-order valence-corrected chi connectivity index (χ3v) is 6.34. The highest BCUT2D eigenvalue weighted by Gasteiger charge is 2.56. The summed E-state index contributed by atoms with van der Waals surface area (Å²) >= 11 is 0. The molecule has 12 nitrogen and oxygen atoms in total. The van der Waals surface area contributed by atoms with Gasteiger partial charge in [-0.25, -0.2) is 15.0 Å². The monoisotopic (exact) mass is 505 g/mol. The maximum Gasteiger partial charge on any atom is 0.222 e. The summed E-state index contributed by atoms with van der Waals surface area (Å²) in [5, 5.41) is 3.94. The van der Waals surface area contributed by atoms with Crippen LogP contribution in [0.5, 0.6) is 0 Å². The Balaban J connectivity index is 1.41. The van der Waals surface area contributed by atoms with Crippen LogP contribution in [0.2, 0.25) is 0 Å². The molecule has 4 heterocycles. The molecule has 4 rings (SSSR count). The third kappa shape index (κ3) is 5.72. The van der Waals surface area contributed by atoms with Gasteiger partial charge in [-0.2, -0.15) is 0 Å². The van der Waals surface area contributed by atoms with Crippen molar-refractivity contribution >= 4 is 22.9 Å². The molecule has 0 radical (unpaired) electrons. The van der Waals surface area contributed by atoms with Gasteiger partial charge in [0.05, 0.1) is 6.61 Å². The number of unbranched alkanes of at least 4 members (excludes halogenated alkanes) is 1. The minimum absolute atomic E-state index is 0.178. The molecule has 12 heteroatoms. The predicted octanol–water partition coefficient (Wildman–Crippen LogP) is 2.49. The lowest BCUT2D eigenvalue weighted by Crippen LogP contribution is -2.38. The minimum atomic E-state index is -0.706. The van der Waals surface area contributed by atoms with Gasteiger partial charge in [-0.05, 0) is 47.2 Å². The summed E-state index contributed by atoms with van der Waals surface area (Å²) in [6, 6.07) is 0. The molecule has 4 atom stereocenters. The molecule has 0 spiro atoms. The van der Waals surface area contributed by atoms with Gasteiger partial charge in [0.2, 0.25) is 5.90 Å². The summed E-state index contributed by atoms with van der Waals surface area (Å²) in [7, 11) is 2.09. The molecule has 2 fully saturated rings. The maximum atomic E-state index is 6.60. The molecule has 0 aliphatic carbocycles. The second-order valence-corrected chi connectivity index (χ2v) is 9.66. The predicted molar refractivity (Wildman–Crippen MR) is 134 cm³/mol. The fourth-order valence-corrected chi connectivity index (χ4v) is 4.82. The number of nitrogens with zero attached hydrogens (tertiary/aromatic N) is 6. The van der Waals surface area contributed by atoms with Gasteiger partial charge in [0.15, 0.2) is 29.0 Å². The number of hydrogen-bond acceptors (Lipinski definition) is 11. The Morgan fingerprint density at radius 2 is 2.00 bits per heavy atom. The van der Waals surface area contributed by atoms with Gasteiger partial charge < -0.3 is 34.4 Å². The summed E-state index contributed by atoms with van der Waals surface area (Å²) in [6.45, 7) is 12.3. The van der Waals surface area contributed by atoms with Crippen molar-refractivity contribution < 1.29 is 23.8 Å². The number of hydrogen-bond donors (Lipinski definition) is 1. The van der Waals surface area contributed by atoms with Crippen LogP contribution in [0.25, 0.3) is 11.2 Å². The van der Waals surface area contributed by atoms with Crippen molar-refractivity contribution in [1.82, 2.24) is 24.4 Å². The van der Waals surface area contributed by atoms with Crippen molar-refractivity contribution in [2.24, 2.45) is 5.16 Å². The topological polar surface area (TPSA) is 131 Å². The molecule has 0 saturated carbocycles. The normalized spacial score (nSPS) is 25.6. The summed E-state index contributed by atoms with van der Waals surface area (Å²) in [5.74, 6) is 1.02. The molecule has 2 aliphatic heterocycles. The molecule has 2 aliphatic rings. The molecule has 2 aromatic rings. The quantitative estimate of drug-likeness (QED) is 0.210. The number of oxime groups is 1. The first-order valence-corrected chi connectivity index (χ1v) is 12.7. The van der Waals surface area contributed by atoms with Gasteiger partial charge in [-0.1, -0.05) is 12.1 Å². The Bertz CT molecular complexity index is 1060. The van der Waals surface area contributed by atoms with Crippen LogP contribution in [-0.2, 0) is 30.2 Å². The zero-order valence-electron chi connectivity index (χ0n) is 22.1. The first-order valence-electron chi connectivity index (χ1n) is 12.7. The molecule has 200 valence electrons. The zero-order valence-corrected chi connectivity index (χ0v) is 22.1. The number of fused-ring (bicyclic) bond motifs is 2. The van der Waals surface area contributed by atoms with E-state index < -0.39 is 12.0 Å². The molecule has 0 bridgehead atoms. The van der Waals surface area contributed by atoms with E-state index in [9.17, 15) is 0 Å². The summed E-state index contributed by atoms with van der Waals surface area (Å²) in [6.07, 6.45) is 2.89. The van der Waals surface area contributed by atoms with E-state index >= 15 is 0 Å². The molecular weight excluding hydrogens is 466 g/mol. The summed E-state index contributed by atoms with van der Waals surface area (Å²) in [4.78, 5) is 20.8. The lowest BCUT2D eigenvalue weighted by molar-refractivity contribution is -0.197. The van der Waals surface area contributed by atoms with E-state index in [0.717, 1.165) is 25.2 Å². The van der Waals surface area contributed by atoms with Crippen molar-refractivity contribution in [1.29, 1.82) is 0 Å². The number of nitrogen functional groups attached to an aromatic ring is 1. The molecule has 0 aromatic carbocycles. The largest absolute Gasteiger partial charge is 0.479 e. The zero-order chi connectivity index (χ0) is 25.9. The fraction of sp³-hybridized carbons (Fsp3) is 0.750. The van der Waals surface area contributed by atoms with E-state index in [1.54, 1.807) is 6.92 Å². The molecular formula is C24H39N7O5. The van der Waals surface area contributed by atoms with E-state index in [1.165, 1.54) is 6.33 Å². The van der Waals surface area contributed by atoms with E-state index in [1.807, 2.05) is 32.3 Å². The van der Waals surface area contributed by atoms with Crippen LogP contribution in [0.15, 0.2) is 11.5 Å². The lowest BCUT2D eigenvalue weighted by Gasteiger charge is -2.27. The van der Waals surface area contributed by atoms with Crippen LogP contribution in [0, 0.1) is 0 Å². The van der Waals surface area contributed by atoms with Crippen LogP contribution in [-0.4, -0.2) is 87.8 Å². The molecule has 2 N–H and O–H groups in total. The Labute approximate surface area is 212 Å². The average molecular weight is 506 g/mol. The van der Waals surface area contributed by atoms with Crippen LogP contribution < -0.4 is 5.73 Å². The van der Waals surface area contributed by atoms with Crippen molar-refractivity contribution in [3.8, 4) is 0 Å². The van der Waals surface area contributed by atoms with Crippen LogP contribution in [0.4, 0.5) is 5.82 Å². The van der Waals surface area contributed by atoms with Crippen molar-refractivity contribution in [3.63, 3.8) is 0 Å². The van der Waals surface area contributed by atoms with Crippen molar-refractivity contribution in [2.75, 3.05) is 39.1 Å². The Hall–Kier alpha value is -2.54. The smallest absolute Gasteiger partial charge is 0.222 e. The average Bonchev–Trinajstić information content (AvgIpc) is 3.45. The number of aromatic nitrogens is 4. The van der Waals surface area contributed by atoms with Crippen molar-refractivity contribution in [3.05, 3.63) is 12.2 Å². The lowest BCUT2D eigenvalue weighted by atomic mass is 10.1. The first-order chi connectivity index (χ1) is 17.2. The standard InChI is InChI=1S/C24H39N7O5/c1-7-17-28-18-21(25)26-14-27-22(18)31(17)23-20-19(35-24(4,5)36-20)16(34-23)13-30(6)11-9-10-12-33-29-15(3)32-8-2/h14,16,19-20,23H,7-13H2,1-6H3,(H2,25,26,27)/b29-15+/t16-,19-,20-,23-/m1/s1. The molecule has 0 unspecified atom stereocenters. The second-order valence-electron chi connectivity index (χ2n) is 9.66. The van der Waals surface area contributed by atoms with E-state index in [2.05, 4.69) is 27.1 Å². The van der Waals surface area contributed by atoms with Crippen LogP contribution in [0.3, 0.4) is 0 Å². The van der Waals surface area contributed by atoms with Gasteiger partial charge in [-0.15, -0.1) is 0 Å². The van der Waals surface area contributed by atoms with E-state index in [0.29, 0.717) is 49.1 Å². The van der Waals surface area contributed by atoms with Gasteiger partial charge in [-0.3, -0.25) is 4.57 Å². The fourth-order valence-electron chi connectivity index (χ4n) is 4.82. The van der Waals surface area contributed by atoms with Gasteiger partial charge in [0, 0.05) is 19.9 Å². The number of nitrogens with two attached hydrogens (primary N) is 1. The van der Waals surface area contributed by atoms with Crippen LogP contribution >= 0.6 is 0 Å². The van der Waals surface area contributed by atoms with Crippen LogP contribution in [0.1, 0.15) is 59.5 Å². The second kappa shape index (κ2) is 11.2. The number of anilines is 1. The minimum Gasteiger partial charge on any atom is -0.479 e. The molecule has 0 amide bonds. The highest BCUT2D eigenvalue weighted by molar-refractivity contribution is 5.82. The first kappa shape index (κ1) is 26.5. The Morgan fingerprint density at radius 1 is 1.22 bits per heavy atom. The Morgan fingerprint density at radius 3 is 2.75 bits per heavy atom. The molecule has 2 saturated heterocycles. The molecule has 36 heavy (non-hydrogen) atoms. The summed E-state index contributed by atoms with van der Waals surface area (Å²) < 4.78 is 26.5. The number of rotatable bonds is 11. The van der Waals surface area contributed by atoms with Gasteiger partial charge in [0.25, 0.3) is 0 Å². The van der Waals surface area contributed by atoms with E-state index in [-0.39, 0.29) is 18.3 Å². The highest BCUT2D eigenvalue weighted by Crippen LogP contribution is 2.44. The number of aryl methyl sites for hydroxylation is 1. The van der Waals surface area contributed by atoms with Gasteiger partial charge >= 0.3 is 0 Å². The van der Waals surface area contributed by atoms with Gasteiger partial charge in [0.1, 0.15) is 37.1 Å². The van der Waals surface area contributed by atoms with E-state index in [4.69, 9.17) is 34.5 Å². The Kier molecular flexibility index (Phi) is 8.28. The SMILES string of the molecule is CCO/C(C)=N/OCCCCN(C)C[C@H]1O[C@@H](n2c(CC)nc3c(N)ncnc32)[C@@H]2OC(C)(C)O[C@@H]21. The molecule has 2 aromatic heterocycles. The number of likely N-dealkylation sites (N-methyl/N-ethyl adjacent to an activating group) is 1. The highest BCUT2D eigenvalue weighted by atomic mass is 16.8. The third-order valence-electron chi connectivity index (χ3n) is 6.34. The summed E-state index contributed by atoms with van der Waals surface area (Å²) in [5.41, 5.74) is 7.31. The number of ether oxygens (including phenoxy) is 4.